The Morgan fingerprint density at radius 1 is 0.880 bits per heavy atom. The van der Waals surface area contributed by atoms with Crippen LogP contribution in [-0.4, -0.2) is 17.1 Å². The monoisotopic (exact) mass is 354 g/mol. The van der Waals surface area contributed by atoms with Crippen molar-refractivity contribution in [3.8, 4) is 5.75 Å². The highest BCUT2D eigenvalue weighted by Crippen LogP contribution is 2.25. The molecule has 2 aromatic carbocycles. The molecule has 3 rings (SSSR count). The van der Waals surface area contributed by atoms with Gasteiger partial charge in [0.1, 0.15) is 23.2 Å². The largest absolute Gasteiger partial charge is 0.497 e. The van der Waals surface area contributed by atoms with E-state index in [-0.39, 0.29) is 0 Å². The molecular weight excluding hydrogens is 336 g/mol. The highest BCUT2D eigenvalue weighted by molar-refractivity contribution is 6.30. The molecule has 0 bridgehead atoms. The van der Waals surface area contributed by atoms with Gasteiger partial charge in [0, 0.05) is 22.5 Å². The Kier molecular flexibility index (Phi) is 5.05. The lowest BCUT2D eigenvalue weighted by molar-refractivity contribution is 0.415. The molecule has 6 heteroatoms. The van der Waals surface area contributed by atoms with Crippen molar-refractivity contribution in [1.82, 2.24) is 9.97 Å². The van der Waals surface area contributed by atoms with Crippen molar-refractivity contribution in [2.75, 3.05) is 17.7 Å². The second kappa shape index (κ2) is 7.40. The maximum absolute atomic E-state index is 6.08. The number of aromatic nitrogens is 2. The number of aryl methyl sites for hydroxylation is 2. The van der Waals surface area contributed by atoms with Gasteiger partial charge in [0.25, 0.3) is 0 Å². The summed E-state index contributed by atoms with van der Waals surface area (Å²) >= 11 is 6.08. The highest BCUT2D eigenvalue weighted by atomic mass is 35.5. The number of halogens is 1. The Labute approximate surface area is 152 Å². The molecule has 0 aliphatic heterocycles. The topological polar surface area (TPSA) is 59.1 Å². The molecule has 5 nitrogen and oxygen atoms in total. The van der Waals surface area contributed by atoms with Gasteiger partial charge in [-0.1, -0.05) is 17.7 Å². The summed E-state index contributed by atoms with van der Waals surface area (Å²) in [5, 5.41) is 7.25. The third kappa shape index (κ3) is 4.39. The Morgan fingerprint density at radius 2 is 1.56 bits per heavy atom. The van der Waals surface area contributed by atoms with E-state index in [1.807, 2.05) is 62.4 Å². The second-order valence-corrected chi connectivity index (χ2v) is 6.06. The quantitative estimate of drug-likeness (QED) is 0.656. The summed E-state index contributed by atoms with van der Waals surface area (Å²) in [6, 6.07) is 15.2. The van der Waals surface area contributed by atoms with E-state index >= 15 is 0 Å². The molecule has 3 aromatic rings. The number of hydrogen-bond acceptors (Lipinski definition) is 5. The van der Waals surface area contributed by atoms with Crippen LogP contribution in [0.5, 0.6) is 5.75 Å². The lowest BCUT2D eigenvalue weighted by atomic mass is 10.2. The summed E-state index contributed by atoms with van der Waals surface area (Å²) in [6.45, 7) is 3.87. The maximum atomic E-state index is 6.08. The standard InChI is InChI=1S/C19H19ClN4O/c1-12-4-5-14(20)10-17(12)24-19-11-18(21-13(2)22-19)23-15-6-8-16(25-3)9-7-15/h4-11H,1-3H3,(H2,21,22,23,24). The number of nitrogens with one attached hydrogen (secondary N) is 2. The summed E-state index contributed by atoms with van der Waals surface area (Å²) in [4.78, 5) is 8.88. The van der Waals surface area contributed by atoms with Crippen LogP contribution in [0, 0.1) is 13.8 Å². The van der Waals surface area contributed by atoms with Crippen LogP contribution in [0.4, 0.5) is 23.0 Å². The molecule has 0 radical (unpaired) electrons. The number of hydrogen-bond donors (Lipinski definition) is 2. The van der Waals surface area contributed by atoms with E-state index in [0.717, 1.165) is 22.7 Å². The van der Waals surface area contributed by atoms with Crippen LogP contribution in [0.2, 0.25) is 5.02 Å². The van der Waals surface area contributed by atoms with E-state index in [4.69, 9.17) is 16.3 Å². The van der Waals surface area contributed by atoms with Gasteiger partial charge in [-0.25, -0.2) is 9.97 Å². The average Bonchev–Trinajstić information content (AvgIpc) is 2.58. The summed E-state index contributed by atoms with van der Waals surface area (Å²) in [5.74, 6) is 2.89. The summed E-state index contributed by atoms with van der Waals surface area (Å²) < 4.78 is 5.17. The first-order valence-electron chi connectivity index (χ1n) is 7.83. The second-order valence-electron chi connectivity index (χ2n) is 5.62. The van der Waals surface area contributed by atoms with Crippen molar-refractivity contribution in [3.63, 3.8) is 0 Å². The zero-order valence-corrected chi connectivity index (χ0v) is 15.1. The van der Waals surface area contributed by atoms with E-state index in [9.17, 15) is 0 Å². The van der Waals surface area contributed by atoms with Crippen molar-refractivity contribution in [2.45, 2.75) is 13.8 Å². The number of benzene rings is 2. The fourth-order valence-electron chi connectivity index (χ4n) is 2.38. The van der Waals surface area contributed by atoms with Gasteiger partial charge in [-0.3, -0.25) is 0 Å². The van der Waals surface area contributed by atoms with Gasteiger partial charge in [0.05, 0.1) is 7.11 Å². The third-order valence-electron chi connectivity index (χ3n) is 3.66. The van der Waals surface area contributed by atoms with Gasteiger partial charge in [-0.15, -0.1) is 0 Å². The predicted molar refractivity (Wildman–Crippen MR) is 103 cm³/mol. The van der Waals surface area contributed by atoms with Crippen LogP contribution in [0.3, 0.4) is 0 Å². The Balaban J connectivity index is 1.83. The van der Waals surface area contributed by atoms with Crippen molar-refractivity contribution in [3.05, 3.63) is 64.9 Å². The molecule has 0 spiro atoms. The highest BCUT2D eigenvalue weighted by Gasteiger charge is 2.06. The van der Waals surface area contributed by atoms with Gasteiger partial charge in [-0.05, 0) is 55.8 Å². The van der Waals surface area contributed by atoms with Gasteiger partial charge in [0.2, 0.25) is 0 Å². The average molecular weight is 355 g/mol. The number of nitrogens with zero attached hydrogens (tertiary/aromatic N) is 2. The molecule has 1 heterocycles. The third-order valence-corrected chi connectivity index (χ3v) is 3.90. The number of anilines is 4. The molecule has 1 aromatic heterocycles. The Morgan fingerprint density at radius 3 is 2.24 bits per heavy atom. The van der Waals surface area contributed by atoms with Gasteiger partial charge >= 0.3 is 0 Å². The first-order valence-corrected chi connectivity index (χ1v) is 8.21. The van der Waals surface area contributed by atoms with Crippen molar-refractivity contribution < 1.29 is 4.74 Å². The zero-order valence-electron chi connectivity index (χ0n) is 14.3. The molecule has 0 amide bonds. The van der Waals surface area contributed by atoms with E-state index < -0.39 is 0 Å². The molecule has 2 N–H and O–H groups in total. The molecular formula is C19H19ClN4O. The SMILES string of the molecule is COc1ccc(Nc2cc(Nc3cc(Cl)ccc3C)nc(C)n2)cc1. The molecule has 0 aliphatic carbocycles. The van der Waals surface area contributed by atoms with Crippen molar-refractivity contribution in [1.29, 1.82) is 0 Å². The smallest absolute Gasteiger partial charge is 0.136 e. The lowest BCUT2D eigenvalue weighted by Gasteiger charge is -2.12. The maximum Gasteiger partial charge on any atom is 0.136 e. The van der Waals surface area contributed by atoms with Crippen LogP contribution in [-0.2, 0) is 0 Å². The summed E-state index contributed by atoms with van der Waals surface area (Å²) in [6.07, 6.45) is 0. The number of methoxy groups -OCH3 is 1. The van der Waals surface area contributed by atoms with Crippen molar-refractivity contribution >= 4 is 34.6 Å². The minimum atomic E-state index is 0.667. The first-order chi connectivity index (χ1) is 12.0. The zero-order chi connectivity index (χ0) is 17.8. The van der Waals surface area contributed by atoms with Gasteiger partial charge in [-0.2, -0.15) is 0 Å². The minimum absolute atomic E-state index is 0.667. The minimum Gasteiger partial charge on any atom is -0.497 e. The van der Waals surface area contributed by atoms with E-state index in [2.05, 4.69) is 20.6 Å². The number of rotatable bonds is 5. The van der Waals surface area contributed by atoms with E-state index in [1.165, 1.54) is 0 Å². The Hall–Kier alpha value is -2.79. The van der Waals surface area contributed by atoms with Crippen LogP contribution in [0.25, 0.3) is 0 Å². The molecule has 25 heavy (non-hydrogen) atoms. The summed E-state index contributed by atoms with van der Waals surface area (Å²) in [5.41, 5.74) is 2.93. The first kappa shape index (κ1) is 17.0. The fraction of sp³-hybridized carbons (Fsp3) is 0.158. The number of ether oxygens (including phenoxy) is 1. The molecule has 0 saturated carbocycles. The normalized spacial score (nSPS) is 10.4. The molecule has 0 unspecified atom stereocenters. The van der Waals surface area contributed by atoms with Crippen LogP contribution >= 0.6 is 11.6 Å². The molecule has 0 atom stereocenters. The lowest BCUT2D eigenvalue weighted by Crippen LogP contribution is -2.02. The Bertz CT molecular complexity index is 881. The predicted octanol–water partition coefficient (Wildman–Crippen LogP) is 5.24. The van der Waals surface area contributed by atoms with Gasteiger partial charge in [0.15, 0.2) is 0 Å². The molecule has 128 valence electrons. The molecule has 0 saturated heterocycles. The fourth-order valence-corrected chi connectivity index (χ4v) is 2.56. The summed E-state index contributed by atoms with van der Waals surface area (Å²) in [7, 11) is 1.64. The van der Waals surface area contributed by atoms with E-state index in [0.29, 0.717) is 22.5 Å². The van der Waals surface area contributed by atoms with Crippen LogP contribution in [0.1, 0.15) is 11.4 Å². The molecule has 0 aliphatic rings. The van der Waals surface area contributed by atoms with Crippen molar-refractivity contribution in [2.24, 2.45) is 0 Å². The van der Waals surface area contributed by atoms with Crippen LogP contribution < -0.4 is 15.4 Å². The van der Waals surface area contributed by atoms with Gasteiger partial charge < -0.3 is 15.4 Å². The van der Waals surface area contributed by atoms with Crippen LogP contribution in [0.15, 0.2) is 48.5 Å². The van der Waals surface area contributed by atoms with E-state index in [1.54, 1.807) is 7.11 Å². The molecule has 0 fully saturated rings.